The van der Waals surface area contributed by atoms with Gasteiger partial charge in [-0.3, -0.25) is 14.4 Å². The van der Waals surface area contributed by atoms with Crippen LogP contribution in [0.1, 0.15) is 23.6 Å². The number of rotatable bonds is 8. The molecule has 8 nitrogen and oxygen atoms in total. The Morgan fingerprint density at radius 3 is 2.42 bits per heavy atom. The van der Waals surface area contributed by atoms with Crippen LogP contribution in [0, 0.1) is 0 Å². The third-order valence-corrected chi connectivity index (χ3v) is 5.43. The SMILES string of the molecule is COC(=O)C[C@H]1C(=O)NCC[NH+]1CC(=O)N[C@H](c1ccccc1)c1ccc(OC)cc1. The van der Waals surface area contributed by atoms with Gasteiger partial charge in [-0.2, -0.15) is 0 Å². The number of benzene rings is 2. The Morgan fingerprint density at radius 2 is 1.77 bits per heavy atom. The van der Waals surface area contributed by atoms with E-state index < -0.39 is 12.0 Å². The number of carbonyl (C=O) groups is 3. The van der Waals surface area contributed by atoms with Gasteiger partial charge in [0, 0.05) is 0 Å². The molecule has 1 aliphatic rings. The Bertz CT molecular complexity index is 901. The molecule has 164 valence electrons. The number of quaternary nitrogens is 1. The van der Waals surface area contributed by atoms with Gasteiger partial charge in [0.1, 0.15) is 12.2 Å². The fraction of sp³-hybridized carbons (Fsp3) is 0.348. The topological polar surface area (TPSA) is 98.2 Å². The highest BCUT2D eigenvalue weighted by Gasteiger charge is 2.37. The zero-order chi connectivity index (χ0) is 22.2. The predicted octanol–water partition coefficient (Wildman–Crippen LogP) is -0.153. The van der Waals surface area contributed by atoms with Crippen LogP contribution in [-0.2, 0) is 19.1 Å². The molecular formula is C23H28N3O5+. The summed E-state index contributed by atoms with van der Waals surface area (Å²) >= 11 is 0. The molecule has 2 amide bonds. The molecule has 31 heavy (non-hydrogen) atoms. The lowest BCUT2D eigenvalue weighted by atomic mass is 9.98. The molecule has 2 aromatic rings. The maximum Gasteiger partial charge on any atom is 0.312 e. The zero-order valence-electron chi connectivity index (χ0n) is 17.7. The molecule has 3 atom stereocenters. The first-order chi connectivity index (χ1) is 15.0. The van der Waals surface area contributed by atoms with E-state index in [2.05, 4.69) is 10.6 Å². The molecule has 8 heteroatoms. The lowest BCUT2D eigenvalue weighted by Crippen LogP contribution is -3.20. The van der Waals surface area contributed by atoms with Gasteiger partial charge in [0.2, 0.25) is 0 Å². The molecule has 1 fully saturated rings. The molecular weight excluding hydrogens is 398 g/mol. The van der Waals surface area contributed by atoms with Gasteiger partial charge in [0.25, 0.3) is 11.8 Å². The molecule has 0 aromatic heterocycles. The van der Waals surface area contributed by atoms with Crippen molar-refractivity contribution >= 4 is 17.8 Å². The summed E-state index contributed by atoms with van der Waals surface area (Å²) in [6, 6.07) is 16.2. The summed E-state index contributed by atoms with van der Waals surface area (Å²) < 4.78 is 9.94. The van der Waals surface area contributed by atoms with Crippen LogP contribution in [0.3, 0.4) is 0 Å². The standard InChI is InChI=1S/C23H27N3O5/c1-30-18-10-8-17(9-11-18)22(16-6-4-3-5-7-16)25-20(27)15-26-13-12-24-23(29)19(26)14-21(28)31-2/h3-11,19,22H,12-15H2,1-2H3,(H,24,29)(H,25,27)/p+1/t19-,22+/m0/s1. The summed E-state index contributed by atoms with van der Waals surface area (Å²) in [6.07, 6.45) is -0.0639. The van der Waals surface area contributed by atoms with E-state index in [1.165, 1.54) is 7.11 Å². The minimum absolute atomic E-state index is 0.0639. The summed E-state index contributed by atoms with van der Waals surface area (Å²) in [4.78, 5) is 37.7. The molecule has 1 unspecified atom stereocenters. The highest BCUT2D eigenvalue weighted by atomic mass is 16.5. The summed E-state index contributed by atoms with van der Waals surface area (Å²) in [5, 5.41) is 5.85. The number of carbonyl (C=O) groups excluding carboxylic acids is 3. The van der Waals surface area contributed by atoms with Crippen molar-refractivity contribution in [3.63, 3.8) is 0 Å². The van der Waals surface area contributed by atoms with Gasteiger partial charge in [-0.25, -0.2) is 0 Å². The Kier molecular flexibility index (Phi) is 7.61. The summed E-state index contributed by atoms with van der Waals surface area (Å²) in [6.45, 7) is 1.09. The van der Waals surface area contributed by atoms with E-state index >= 15 is 0 Å². The Morgan fingerprint density at radius 1 is 1.10 bits per heavy atom. The molecule has 0 spiro atoms. The molecule has 2 aromatic carbocycles. The number of esters is 1. The van der Waals surface area contributed by atoms with Crippen molar-refractivity contribution in [1.29, 1.82) is 0 Å². The smallest absolute Gasteiger partial charge is 0.312 e. The number of piperazine rings is 1. The number of hydrogen-bond donors (Lipinski definition) is 3. The monoisotopic (exact) mass is 426 g/mol. The maximum absolute atomic E-state index is 13.0. The predicted molar refractivity (Wildman–Crippen MR) is 114 cm³/mol. The van der Waals surface area contributed by atoms with Gasteiger partial charge < -0.3 is 25.0 Å². The van der Waals surface area contributed by atoms with Gasteiger partial charge in [0.15, 0.2) is 12.6 Å². The summed E-state index contributed by atoms with van der Waals surface area (Å²) in [7, 11) is 2.89. The van der Waals surface area contributed by atoms with Gasteiger partial charge in [0.05, 0.1) is 33.4 Å². The average Bonchev–Trinajstić information content (AvgIpc) is 2.80. The van der Waals surface area contributed by atoms with Gasteiger partial charge in [-0.15, -0.1) is 0 Å². The Labute approximate surface area is 181 Å². The van der Waals surface area contributed by atoms with Crippen LogP contribution in [-0.4, -0.2) is 57.7 Å². The molecule has 3 N–H and O–H groups in total. The second kappa shape index (κ2) is 10.6. The summed E-state index contributed by atoms with van der Waals surface area (Å²) in [5.74, 6) is -0.185. The molecule has 0 saturated carbocycles. The zero-order valence-corrected chi connectivity index (χ0v) is 17.7. The molecule has 3 rings (SSSR count). The van der Waals surface area contributed by atoms with Crippen LogP contribution in [0.5, 0.6) is 5.75 Å². The van der Waals surface area contributed by atoms with Gasteiger partial charge >= 0.3 is 5.97 Å². The van der Waals surface area contributed by atoms with Crippen LogP contribution in [0.25, 0.3) is 0 Å². The molecule has 0 bridgehead atoms. The van der Waals surface area contributed by atoms with Gasteiger partial charge in [-0.1, -0.05) is 42.5 Å². The van der Waals surface area contributed by atoms with Crippen molar-refractivity contribution in [1.82, 2.24) is 10.6 Å². The fourth-order valence-electron chi connectivity index (χ4n) is 3.75. The van der Waals surface area contributed by atoms with Crippen molar-refractivity contribution < 1.29 is 28.8 Å². The molecule has 0 radical (unpaired) electrons. The van der Waals surface area contributed by atoms with Crippen molar-refractivity contribution in [3.8, 4) is 5.75 Å². The maximum atomic E-state index is 13.0. The second-order valence-electron chi connectivity index (χ2n) is 7.39. The van der Waals surface area contributed by atoms with E-state index in [4.69, 9.17) is 9.47 Å². The molecule has 0 aliphatic carbocycles. The number of amides is 2. The van der Waals surface area contributed by atoms with E-state index in [0.29, 0.717) is 13.1 Å². The highest BCUT2D eigenvalue weighted by Crippen LogP contribution is 2.24. The van der Waals surface area contributed by atoms with Crippen molar-refractivity contribution in [2.24, 2.45) is 0 Å². The normalized spacial score (nSPS) is 19.1. The molecule has 1 aliphatic heterocycles. The van der Waals surface area contributed by atoms with E-state index in [1.807, 2.05) is 54.6 Å². The lowest BCUT2D eigenvalue weighted by Gasteiger charge is -2.31. The third kappa shape index (κ3) is 5.82. The minimum atomic E-state index is -0.650. The fourth-order valence-corrected chi connectivity index (χ4v) is 3.75. The Balaban J connectivity index is 1.76. The van der Waals surface area contributed by atoms with Crippen LogP contribution in [0.15, 0.2) is 54.6 Å². The van der Waals surface area contributed by atoms with Crippen molar-refractivity contribution in [2.75, 3.05) is 33.9 Å². The summed E-state index contributed by atoms with van der Waals surface area (Å²) in [5.41, 5.74) is 1.86. The quantitative estimate of drug-likeness (QED) is 0.510. The number of hydrogen-bond acceptors (Lipinski definition) is 5. The van der Waals surface area contributed by atoms with Crippen LogP contribution in [0.4, 0.5) is 0 Å². The molecule has 1 heterocycles. The van der Waals surface area contributed by atoms with Crippen LogP contribution < -0.4 is 20.3 Å². The second-order valence-corrected chi connectivity index (χ2v) is 7.39. The minimum Gasteiger partial charge on any atom is -0.497 e. The van der Waals surface area contributed by atoms with Crippen molar-refractivity contribution in [3.05, 3.63) is 65.7 Å². The van der Waals surface area contributed by atoms with Crippen LogP contribution in [0.2, 0.25) is 0 Å². The first kappa shape index (κ1) is 22.3. The van der Waals surface area contributed by atoms with E-state index in [0.717, 1.165) is 21.8 Å². The van der Waals surface area contributed by atoms with Gasteiger partial charge in [-0.05, 0) is 23.3 Å². The third-order valence-electron chi connectivity index (χ3n) is 5.43. The van der Waals surface area contributed by atoms with E-state index in [-0.39, 0.29) is 30.8 Å². The largest absolute Gasteiger partial charge is 0.497 e. The number of methoxy groups -OCH3 is 2. The first-order valence-electron chi connectivity index (χ1n) is 10.2. The average molecular weight is 426 g/mol. The molecule has 1 saturated heterocycles. The Hall–Kier alpha value is -3.39. The van der Waals surface area contributed by atoms with Crippen molar-refractivity contribution in [2.45, 2.75) is 18.5 Å². The van der Waals surface area contributed by atoms with E-state index in [1.54, 1.807) is 7.11 Å². The van der Waals surface area contributed by atoms with Crippen LogP contribution >= 0.6 is 0 Å². The first-order valence-corrected chi connectivity index (χ1v) is 10.2. The lowest BCUT2D eigenvalue weighted by molar-refractivity contribution is -0.909. The number of nitrogens with one attached hydrogen (secondary N) is 3. The van der Waals surface area contributed by atoms with E-state index in [9.17, 15) is 14.4 Å². The highest BCUT2D eigenvalue weighted by molar-refractivity contribution is 5.86. The number of ether oxygens (including phenoxy) is 2.